The van der Waals surface area contributed by atoms with E-state index in [1.54, 1.807) is 0 Å². The smallest absolute Gasteiger partial charge is 0.323 e. The minimum Gasteiger partial charge on any atom is -0.323 e. The molecule has 128 valence electrons. The van der Waals surface area contributed by atoms with Gasteiger partial charge in [0.05, 0.1) is 0 Å². The van der Waals surface area contributed by atoms with E-state index in [0.29, 0.717) is 0 Å². The summed E-state index contributed by atoms with van der Waals surface area (Å²) >= 11 is 0. The zero-order chi connectivity index (χ0) is 17.3. The van der Waals surface area contributed by atoms with Crippen LogP contribution in [0.4, 0.5) is 0 Å². The van der Waals surface area contributed by atoms with E-state index in [9.17, 15) is 0 Å². The van der Waals surface area contributed by atoms with Gasteiger partial charge in [-0.2, -0.15) is 48.5 Å². The van der Waals surface area contributed by atoms with Crippen molar-refractivity contribution < 1.29 is 26.2 Å². The molecule has 0 fully saturated rings. The third-order valence-corrected chi connectivity index (χ3v) is 3.23. The van der Waals surface area contributed by atoms with Gasteiger partial charge in [-0.3, -0.25) is 5.57 Å². The van der Waals surface area contributed by atoms with Gasteiger partial charge >= 0.3 is 26.2 Å². The Hall–Kier alpha value is -1.46. The fourth-order valence-corrected chi connectivity index (χ4v) is 2.07. The van der Waals surface area contributed by atoms with Crippen LogP contribution in [0, 0.1) is 12.1 Å². The van der Waals surface area contributed by atoms with Crippen LogP contribution < -0.4 is 0 Å². The molecule has 0 radical (unpaired) electrons. The zero-order valence-electron chi connectivity index (χ0n) is 15.4. The summed E-state index contributed by atoms with van der Waals surface area (Å²) in [6.45, 7) is 4.39. The van der Waals surface area contributed by atoms with Crippen molar-refractivity contribution in [3.05, 3.63) is 103 Å². The Balaban J connectivity index is 0.000000425. The van der Waals surface area contributed by atoms with Crippen LogP contribution in [0.3, 0.4) is 0 Å². The van der Waals surface area contributed by atoms with E-state index in [4.69, 9.17) is 0 Å². The Morgan fingerprint density at radius 2 is 1.48 bits per heavy atom. The maximum atomic E-state index is 3.47. The summed E-state index contributed by atoms with van der Waals surface area (Å²) in [7, 11) is 0. The predicted molar refractivity (Wildman–Crippen MR) is 106 cm³/mol. The number of benzene rings is 1. The minimum atomic E-state index is 0. The SMILES string of the molecule is CCC[C-]=C(CCC)c1[c-]cccc1.[Zr+4].c1cc[cH-]c1.c1cc[cH-]c1. The van der Waals surface area contributed by atoms with Crippen LogP contribution in [0.15, 0.2) is 84.9 Å². The van der Waals surface area contributed by atoms with E-state index in [1.165, 1.54) is 24.0 Å². The van der Waals surface area contributed by atoms with Crippen molar-refractivity contribution >= 4 is 5.57 Å². The van der Waals surface area contributed by atoms with Gasteiger partial charge in [0.25, 0.3) is 0 Å². The van der Waals surface area contributed by atoms with Crippen molar-refractivity contribution in [2.45, 2.75) is 39.5 Å². The molecule has 0 aromatic heterocycles. The summed E-state index contributed by atoms with van der Waals surface area (Å²) in [4.78, 5) is 0. The molecule has 0 saturated carbocycles. The molecule has 0 aliphatic carbocycles. The van der Waals surface area contributed by atoms with Gasteiger partial charge in [-0.05, 0) is 0 Å². The van der Waals surface area contributed by atoms with Crippen LogP contribution in [-0.2, 0) is 26.2 Å². The Kier molecular flexibility index (Phi) is 16.4. The van der Waals surface area contributed by atoms with Gasteiger partial charge in [-0.15, -0.1) is 12.5 Å². The van der Waals surface area contributed by atoms with Crippen molar-refractivity contribution in [3.8, 4) is 0 Å². The van der Waals surface area contributed by atoms with Gasteiger partial charge in [-0.25, -0.2) is 36.4 Å². The first-order chi connectivity index (χ1) is 11.9. The number of rotatable bonds is 5. The predicted octanol–water partition coefficient (Wildman–Crippen LogP) is 7.08. The van der Waals surface area contributed by atoms with Gasteiger partial charge in [0.15, 0.2) is 0 Å². The molecule has 0 N–H and O–H groups in total. The largest absolute Gasteiger partial charge is 4.00 e. The molecule has 0 bridgehead atoms. The summed E-state index contributed by atoms with van der Waals surface area (Å²) in [5, 5.41) is 0. The first kappa shape index (κ1) is 23.5. The Morgan fingerprint density at radius 1 is 0.880 bits per heavy atom. The first-order valence-corrected chi connectivity index (χ1v) is 8.78. The van der Waals surface area contributed by atoms with Gasteiger partial charge in [0, 0.05) is 0 Å². The average Bonchev–Trinajstić information content (AvgIpc) is 3.38. The zero-order valence-corrected chi connectivity index (χ0v) is 17.9. The molecule has 0 unspecified atom stereocenters. The molecule has 3 aromatic rings. The Morgan fingerprint density at radius 3 is 1.84 bits per heavy atom. The second kappa shape index (κ2) is 17.4. The molecular weight excluding hydrogens is 379 g/mol. The topological polar surface area (TPSA) is 0 Å². The quantitative estimate of drug-likeness (QED) is 0.396. The van der Waals surface area contributed by atoms with E-state index in [1.807, 2.05) is 72.8 Å². The monoisotopic (exact) mass is 406 g/mol. The van der Waals surface area contributed by atoms with Crippen molar-refractivity contribution in [2.24, 2.45) is 0 Å². The summed E-state index contributed by atoms with van der Waals surface area (Å²) < 4.78 is 0. The van der Waals surface area contributed by atoms with Crippen LogP contribution in [0.1, 0.15) is 45.1 Å². The third kappa shape index (κ3) is 12.5. The molecule has 0 aliphatic heterocycles. The van der Waals surface area contributed by atoms with Crippen molar-refractivity contribution in [1.82, 2.24) is 0 Å². The van der Waals surface area contributed by atoms with E-state index in [-0.39, 0.29) is 26.2 Å². The van der Waals surface area contributed by atoms with E-state index in [2.05, 4.69) is 38.1 Å². The fourth-order valence-electron chi connectivity index (χ4n) is 2.07. The van der Waals surface area contributed by atoms with E-state index in [0.717, 1.165) is 12.8 Å². The van der Waals surface area contributed by atoms with Gasteiger partial charge in [0.1, 0.15) is 0 Å². The molecular formula is C24H28Zr. The Bertz CT molecular complexity index is 528. The molecule has 1 heteroatoms. The van der Waals surface area contributed by atoms with Crippen molar-refractivity contribution in [3.63, 3.8) is 0 Å². The number of allylic oxidation sites excluding steroid dienone is 2. The first-order valence-electron chi connectivity index (χ1n) is 8.78. The second-order valence-corrected chi connectivity index (χ2v) is 5.36. The molecule has 0 heterocycles. The standard InChI is InChI=1S/C14H18.2C5H5.Zr/c1-3-5-10-13(9-4-2)14-11-7-6-8-12-14;2*1-2-4-5-3-1;/h6-8,11H,3-5,9H2,1-2H3;2*1-5H;/q-2;2*-1;+4. The number of hydrogen-bond donors (Lipinski definition) is 0. The molecule has 3 rings (SSSR count). The maximum Gasteiger partial charge on any atom is 4.00 e. The van der Waals surface area contributed by atoms with Gasteiger partial charge < -0.3 is 11.6 Å². The molecule has 0 spiro atoms. The fraction of sp³-hybridized carbons (Fsp3) is 0.250. The molecule has 3 aromatic carbocycles. The number of unbranched alkanes of at least 4 members (excludes halogenated alkanes) is 1. The normalized spacial score (nSPS) is 9.76. The van der Waals surface area contributed by atoms with Crippen LogP contribution in [0.25, 0.3) is 5.57 Å². The minimum absolute atomic E-state index is 0. The van der Waals surface area contributed by atoms with Crippen molar-refractivity contribution in [2.75, 3.05) is 0 Å². The summed E-state index contributed by atoms with van der Waals surface area (Å²) in [6.07, 6.45) is 7.98. The molecule has 0 amide bonds. The summed E-state index contributed by atoms with van der Waals surface area (Å²) in [5.74, 6) is 0. The van der Waals surface area contributed by atoms with Gasteiger partial charge in [0.2, 0.25) is 0 Å². The van der Waals surface area contributed by atoms with E-state index < -0.39 is 0 Å². The third-order valence-electron chi connectivity index (χ3n) is 3.23. The molecule has 0 nitrogen and oxygen atoms in total. The molecule has 0 atom stereocenters. The van der Waals surface area contributed by atoms with Crippen LogP contribution in [0.2, 0.25) is 0 Å². The van der Waals surface area contributed by atoms with E-state index >= 15 is 0 Å². The Labute approximate surface area is 173 Å². The van der Waals surface area contributed by atoms with Crippen LogP contribution in [-0.4, -0.2) is 0 Å². The second-order valence-electron chi connectivity index (χ2n) is 5.36. The van der Waals surface area contributed by atoms with Gasteiger partial charge in [-0.1, -0.05) is 33.1 Å². The maximum absolute atomic E-state index is 3.47. The molecule has 0 saturated heterocycles. The average molecular weight is 408 g/mol. The summed E-state index contributed by atoms with van der Waals surface area (Å²) in [5.41, 5.74) is 2.54. The van der Waals surface area contributed by atoms with Crippen LogP contribution in [0.5, 0.6) is 0 Å². The molecule has 25 heavy (non-hydrogen) atoms. The molecule has 0 aliphatic rings. The number of hydrogen-bond acceptors (Lipinski definition) is 0. The van der Waals surface area contributed by atoms with Crippen molar-refractivity contribution in [1.29, 1.82) is 0 Å². The summed E-state index contributed by atoms with van der Waals surface area (Å²) in [6, 6.07) is 31.4. The van der Waals surface area contributed by atoms with Crippen LogP contribution >= 0.6 is 0 Å².